The highest BCUT2D eigenvalue weighted by Gasteiger charge is 2.31. The molecule has 2 aliphatic rings. The molecule has 2 saturated heterocycles. The largest absolute Gasteiger partial charge is 0.368 e. The molecule has 10 rings (SSSR count). The fourth-order valence-electron chi connectivity index (χ4n) is 9.17. The van der Waals surface area contributed by atoms with Crippen LogP contribution >= 0.6 is 0 Å². The fourth-order valence-corrected chi connectivity index (χ4v) is 9.17. The number of pyridine rings is 2. The van der Waals surface area contributed by atoms with Crippen LogP contribution in [0, 0.1) is 11.8 Å². The third kappa shape index (κ3) is 10.4. The van der Waals surface area contributed by atoms with Gasteiger partial charge < -0.3 is 25.4 Å². The van der Waals surface area contributed by atoms with Gasteiger partial charge in [0.25, 0.3) is 0 Å². The Hall–Kier alpha value is -8.12. The zero-order valence-corrected chi connectivity index (χ0v) is 38.5. The highest BCUT2D eigenvalue weighted by atomic mass is 16.2. The van der Waals surface area contributed by atoms with E-state index in [2.05, 4.69) is 80.9 Å². The number of amides is 4. The average Bonchev–Trinajstić information content (AvgIpc) is 4.15. The highest BCUT2D eigenvalue weighted by molar-refractivity contribution is 6.00. The zero-order valence-electron chi connectivity index (χ0n) is 38.5. The summed E-state index contributed by atoms with van der Waals surface area (Å²) >= 11 is 0. The number of H-pyrrole nitrogens is 1. The summed E-state index contributed by atoms with van der Waals surface area (Å²) in [5.74, 6) is 1.17. The van der Waals surface area contributed by atoms with Crippen LogP contribution in [0.5, 0.6) is 0 Å². The van der Waals surface area contributed by atoms with E-state index in [1.165, 1.54) is 0 Å². The monoisotopic (exact) mass is 923 g/mol. The number of anilines is 3. The van der Waals surface area contributed by atoms with Gasteiger partial charge in [-0.1, -0.05) is 6.92 Å². The van der Waals surface area contributed by atoms with Crippen LogP contribution in [-0.2, 0) is 22.6 Å². The van der Waals surface area contributed by atoms with Crippen LogP contribution in [0.25, 0.3) is 55.8 Å². The van der Waals surface area contributed by atoms with Gasteiger partial charge in [0.05, 0.1) is 30.6 Å². The summed E-state index contributed by atoms with van der Waals surface area (Å²) in [5.41, 5.74) is 9.29. The molecule has 2 fully saturated rings. The molecule has 0 radical (unpaired) electrons. The number of rotatable bonds is 14. The van der Waals surface area contributed by atoms with E-state index in [1.807, 2.05) is 71.5 Å². The van der Waals surface area contributed by atoms with Crippen LogP contribution in [0.4, 0.5) is 22.0 Å². The molecule has 8 heterocycles. The smallest absolute Gasteiger partial charge is 0.320 e. The molecule has 0 spiro atoms. The Morgan fingerprint density at radius 1 is 0.826 bits per heavy atom. The Morgan fingerprint density at radius 3 is 2.49 bits per heavy atom. The van der Waals surface area contributed by atoms with E-state index in [0.717, 1.165) is 69.7 Å². The van der Waals surface area contributed by atoms with Crippen LogP contribution < -0.4 is 20.9 Å². The lowest BCUT2D eigenvalue weighted by molar-refractivity contribution is -0.132. The van der Waals surface area contributed by atoms with Crippen molar-refractivity contribution in [2.75, 3.05) is 67.9 Å². The van der Waals surface area contributed by atoms with Gasteiger partial charge in [-0.3, -0.25) is 34.5 Å². The number of carbonyl (C=O) groups excluding carboxylic acids is 3. The van der Waals surface area contributed by atoms with Gasteiger partial charge in [-0.15, -0.1) is 0 Å². The molecule has 8 aromatic rings. The molecule has 2 unspecified atom stereocenters. The molecule has 0 saturated carbocycles. The second kappa shape index (κ2) is 20.0. The van der Waals surface area contributed by atoms with E-state index in [1.54, 1.807) is 43.0 Å². The molecule has 18 nitrogen and oxygen atoms in total. The van der Waals surface area contributed by atoms with Gasteiger partial charge in [0.1, 0.15) is 11.3 Å². The first-order valence-electron chi connectivity index (χ1n) is 23.4. The number of likely N-dealkylation sites (tertiary alicyclic amines) is 1. The van der Waals surface area contributed by atoms with Gasteiger partial charge in [0.15, 0.2) is 11.5 Å². The summed E-state index contributed by atoms with van der Waals surface area (Å²) < 4.78 is 1.90. The lowest BCUT2D eigenvalue weighted by Crippen LogP contribution is -2.51. The van der Waals surface area contributed by atoms with Gasteiger partial charge >= 0.3 is 6.03 Å². The highest BCUT2D eigenvalue weighted by Crippen LogP contribution is 2.32. The number of hydrogen-bond donors (Lipinski definition) is 4. The van der Waals surface area contributed by atoms with Crippen molar-refractivity contribution in [3.8, 4) is 33.8 Å². The number of aromatic nitrogens is 9. The Morgan fingerprint density at radius 2 is 1.67 bits per heavy atom. The molecule has 69 heavy (non-hydrogen) atoms. The minimum absolute atomic E-state index is 0.0347. The lowest BCUT2D eigenvalue weighted by Gasteiger charge is -2.36. The van der Waals surface area contributed by atoms with E-state index in [-0.39, 0.29) is 29.7 Å². The molecular weight excluding hydrogens is 871 g/mol. The van der Waals surface area contributed by atoms with E-state index >= 15 is 0 Å². The summed E-state index contributed by atoms with van der Waals surface area (Å²) in [6.45, 7) is 9.59. The first kappa shape index (κ1) is 44.7. The molecule has 4 amide bonds. The maximum atomic E-state index is 13.6. The molecule has 6 aromatic heterocycles. The van der Waals surface area contributed by atoms with E-state index in [0.29, 0.717) is 80.7 Å². The van der Waals surface area contributed by atoms with Crippen molar-refractivity contribution >= 4 is 57.1 Å². The quantitative estimate of drug-likeness (QED) is 0.0920. The van der Waals surface area contributed by atoms with Crippen molar-refractivity contribution in [2.45, 2.75) is 33.2 Å². The van der Waals surface area contributed by atoms with Crippen LogP contribution in [0.1, 0.15) is 26.0 Å². The summed E-state index contributed by atoms with van der Waals surface area (Å²) in [6.07, 6.45) is 14.2. The van der Waals surface area contributed by atoms with Gasteiger partial charge in [0.2, 0.25) is 11.8 Å². The third-order valence-electron chi connectivity index (χ3n) is 12.7. The number of aromatic amines is 1. The number of nitrogens with one attached hydrogen (secondary N) is 4. The molecule has 0 bridgehead atoms. The maximum Gasteiger partial charge on any atom is 0.320 e. The van der Waals surface area contributed by atoms with Crippen LogP contribution in [0.15, 0.2) is 116 Å². The Kier molecular flexibility index (Phi) is 13.0. The Balaban J connectivity index is 0.709. The number of nitrogens with zero attached hydrogens (tertiary/aromatic N) is 11. The van der Waals surface area contributed by atoms with Crippen LogP contribution in [0.2, 0.25) is 0 Å². The van der Waals surface area contributed by atoms with Crippen molar-refractivity contribution in [1.82, 2.24) is 59.8 Å². The summed E-state index contributed by atoms with van der Waals surface area (Å²) in [4.78, 5) is 75.9. The number of fused-ring (bicyclic) bond motifs is 2. The fraction of sp³-hybridized carbons (Fsp3) is 0.294. The minimum atomic E-state index is -0.332. The topological polar surface area (TPSA) is 208 Å². The lowest BCUT2D eigenvalue weighted by atomic mass is 10.0. The zero-order chi connectivity index (χ0) is 47.3. The Bertz CT molecular complexity index is 3110. The second-order valence-electron chi connectivity index (χ2n) is 17.7. The predicted octanol–water partition coefficient (Wildman–Crippen LogP) is 6.52. The number of hydrogen-bond acceptors (Lipinski definition) is 12. The third-order valence-corrected chi connectivity index (χ3v) is 12.7. The van der Waals surface area contributed by atoms with E-state index < -0.39 is 0 Å². The molecule has 4 N–H and O–H groups in total. The van der Waals surface area contributed by atoms with Gasteiger partial charge in [0, 0.05) is 121 Å². The standard InChI is InChI=1S/C51H53N15O3/c1-3-52-51(69)62-46-12-11-44-49(61-46)60-45(28-57-44)37-26-58-66(31-37)29-33(2)23-39-24-35(13-17-53-39)42-27-56-43-10-7-38(25-41(42)43)59-50(68)36-14-18-63(30-36)32-47(67)65-21-19-64(20-22-65)40-8-5-34(6-9-40)48-54-15-4-16-55-48/h4-13,15-17,24-28,31,33,36,56H,3,14,18-23,29-30,32H2,1-2H3,(H,59,68)(H2,52,60,61,62,69). The number of piperazine rings is 1. The molecule has 2 atom stereocenters. The van der Waals surface area contributed by atoms with Crippen LogP contribution in [-0.4, -0.2) is 125 Å². The first-order chi connectivity index (χ1) is 33.7. The van der Waals surface area contributed by atoms with Gasteiger partial charge in [-0.2, -0.15) is 5.10 Å². The molecule has 350 valence electrons. The number of benzene rings is 2. The van der Waals surface area contributed by atoms with Crippen molar-refractivity contribution in [3.63, 3.8) is 0 Å². The van der Waals surface area contributed by atoms with Crippen molar-refractivity contribution in [1.29, 1.82) is 0 Å². The first-order valence-corrected chi connectivity index (χ1v) is 23.4. The number of urea groups is 1. The average molecular weight is 924 g/mol. The van der Waals surface area contributed by atoms with Crippen molar-refractivity contribution in [3.05, 3.63) is 122 Å². The predicted molar refractivity (Wildman–Crippen MR) is 265 cm³/mol. The minimum Gasteiger partial charge on any atom is -0.368 e. The number of carbonyl (C=O) groups is 3. The van der Waals surface area contributed by atoms with Crippen molar-refractivity contribution < 1.29 is 14.4 Å². The van der Waals surface area contributed by atoms with Gasteiger partial charge in [-0.25, -0.2) is 24.7 Å². The van der Waals surface area contributed by atoms with Crippen LogP contribution in [0.3, 0.4) is 0 Å². The second-order valence-corrected chi connectivity index (χ2v) is 17.7. The summed E-state index contributed by atoms with van der Waals surface area (Å²) in [6, 6.07) is 23.3. The molecule has 2 aliphatic heterocycles. The van der Waals surface area contributed by atoms with Gasteiger partial charge in [-0.05, 0) is 111 Å². The van der Waals surface area contributed by atoms with E-state index in [4.69, 9.17) is 9.97 Å². The molecule has 0 aliphatic carbocycles. The maximum absolute atomic E-state index is 13.6. The van der Waals surface area contributed by atoms with Crippen molar-refractivity contribution in [2.24, 2.45) is 11.8 Å². The normalized spacial score (nSPS) is 15.7. The SMILES string of the molecule is CCNC(=O)Nc1ccc2ncc(-c3cnn(CC(C)Cc4cc(-c5c[nH]c6ccc(NC(=O)C7CCN(CC(=O)N8CCN(c9ccc(-c%10ncccn%10)cc9)CC8)C7)cc56)ccn4)c3)nc2n1. The molecular formula is C51H53N15O3. The summed E-state index contributed by atoms with van der Waals surface area (Å²) in [7, 11) is 0. The molecule has 18 heteroatoms. The Labute approximate surface area is 398 Å². The molecule has 2 aromatic carbocycles. The summed E-state index contributed by atoms with van der Waals surface area (Å²) in [5, 5.41) is 14.2. The van der Waals surface area contributed by atoms with E-state index in [9.17, 15) is 14.4 Å².